The van der Waals surface area contributed by atoms with E-state index in [2.05, 4.69) is 67.0 Å². The summed E-state index contributed by atoms with van der Waals surface area (Å²) in [5, 5.41) is 1.11. The second-order valence-corrected chi connectivity index (χ2v) is 6.46. The van der Waals surface area contributed by atoms with E-state index in [1.165, 1.54) is 24.8 Å². The second kappa shape index (κ2) is 6.44. The van der Waals surface area contributed by atoms with Crippen molar-refractivity contribution in [3.63, 3.8) is 0 Å². The molecule has 1 unspecified atom stereocenters. The Kier molecular flexibility index (Phi) is 5.54. The molecular formula is C15H23Br. The summed E-state index contributed by atoms with van der Waals surface area (Å²) in [5.74, 6) is 0.765. The third kappa shape index (κ3) is 5.69. The maximum Gasteiger partial charge on any atom is 0.00628 e. The summed E-state index contributed by atoms with van der Waals surface area (Å²) in [4.78, 5) is 0. The Labute approximate surface area is 109 Å². The molecule has 0 aromatic heterocycles. The van der Waals surface area contributed by atoms with E-state index in [4.69, 9.17) is 0 Å². The van der Waals surface area contributed by atoms with Crippen molar-refractivity contribution in [2.45, 2.75) is 40.0 Å². The van der Waals surface area contributed by atoms with Crippen LogP contribution in [-0.2, 0) is 6.42 Å². The summed E-state index contributed by atoms with van der Waals surface area (Å²) in [7, 11) is 0. The molecule has 0 N–H and O–H groups in total. The molecule has 0 saturated heterocycles. The molecule has 0 saturated carbocycles. The van der Waals surface area contributed by atoms with E-state index in [0.717, 1.165) is 11.2 Å². The topological polar surface area (TPSA) is 0 Å². The standard InChI is InChI=1S/C15H23Br/c1-15(2,3)10-9-14(12-16)11-13-7-5-4-6-8-13/h4-8,14H,9-12H2,1-3H3. The van der Waals surface area contributed by atoms with Crippen molar-refractivity contribution in [1.82, 2.24) is 0 Å². The molecule has 90 valence electrons. The lowest BCUT2D eigenvalue weighted by Crippen LogP contribution is -2.12. The molecule has 1 heteroatoms. The van der Waals surface area contributed by atoms with Gasteiger partial charge in [-0.25, -0.2) is 0 Å². The molecule has 0 aliphatic heterocycles. The van der Waals surface area contributed by atoms with Gasteiger partial charge in [0, 0.05) is 5.33 Å². The van der Waals surface area contributed by atoms with Crippen LogP contribution in [0.25, 0.3) is 0 Å². The van der Waals surface area contributed by atoms with Crippen molar-refractivity contribution in [3.05, 3.63) is 35.9 Å². The van der Waals surface area contributed by atoms with Crippen LogP contribution in [0.2, 0.25) is 0 Å². The highest BCUT2D eigenvalue weighted by Gasteiger charge is 2.14. The van der Waals surface area contributed by atoms with Crippen LogP contribution in [0.4, 0.5) is 0 Å². The van der Waals surface area contributed by atoms with Gasteiger partial charge in [0.05, 0.1) is 0 Å². The molecule has 0 fully saturated rings. The molecule has 1 rings (SSSR count). The highest BCUT2D eigenvalue weighted by atomic mass is 79.9. The summed E-state index contributed by atoms with van der Waals surface area (Å²) in [6, 6.07) is 10.8. The highest BCUT2D eigenvalue weighted by Crippen LogP contribution is 2.26. The fraction of sp³-hybridized carbons (Fsp3) is 0.600. The maximum atomic E-state index is 3.64. The van der Waals surface area contributed by atoms with Gasteiger partial charge >= 0.3 is 0 Å². The molecule has 0 spiro atoms. The first kappa shape index (κ1) is 13.8. The normalized spacial score (nSPS) is 13.8. The smallest absolute Gasteiger partial charge is 0.00628 e. The SMILES string of the molecule is CC(C)(C)CCC(CBr)Cc1ccccc1. The van der Waals surface area contributed by atoms with Crippen LogP contribution in [0, 0.1) is 11.3 Å². The van der Waals surface area contributed by atoms with Gasteiger partial charge in [0.15, 0.2) is 0 Å². The van der Waals surface area contributed by atoms with Gasteiger partial charge in [0.2, 0.25) is 0 Å². The van der Waals surface area contributed by atoms with Gasteiger partial charge in [0.25, 0.3) is 0 Å². The zero-order valence-electron chi connectivity index (χ0n) is 10.7. The lowest BCUT2D eigenvalue weighted by atomic mass is 9.85. The highest BCUT2D eigenvalue weighted by molar-refractivity contribution is 9.09. The van der Waals surface area contributed by atoms with E-state index in [1.54, 1.807) is 0 Å². The molecule has 0 aliphatic carbocycles. The minimum atomic E-state index is 0.455. The molecule has 1 aromatic carbocycles. The van der Waals surface area contributed by atoms with Gasteiger partial charge in [0.1, 0.15) is 0 Å². The Morgan fingerprint density at radius 2 is 1.75 bits per heavy atom. The quantitative estimate of drug-likeness (QED) is 0.662. The van der Waals surface area contributed by atoms with Gasteiger partial charge < -0.3 is 0 Å². The fourth-order valence-corrected chi connectivity index (χ4v) is 2.37. The number of rotatable bonds is 5. The molecule has 16 heavy (non-hydrogen) atoms. The minimum Gasteiger partial charge on any atom is -0.0925 e. The van der Waals surface area contributed by atoms with Crippen LogP contribution in [0.5, 0.6) is 0 Å². The van der Waals surface area contributed by atoms with Crippen LogP contribution in [0.15, 0.2) is 30.3 Å². The van der Waals surface area contributed by atoms with Gasteiger partial charge in [-0.1, -0.05) is 67.0 Å². The van der Waals surface area contributed by atoms with Gasteiger partial charge in [-0.05, 0) is 36.2 Å². The number of hydrogen-bond acceptors (Lipinski definition) is 0. The zero-order valence-corrected chi connectivity index (χ0v) is 12.3. The van der Waals surface area contributed by atoms with Crippen molar-refractivity contribution in [1.29, 1.82) is 0 Å². The lowest BCUT2D eigenvalue weighted by Gasteiger charge is -2.22. The summed E-state index contributed by atoms with van der Waals surface area (Å²) >= 11 is 3.64. The first-order chi connectivity index (χ1) is 7.51. The van der Waals surface area contributed by atoms with E-state index in [1.807, 2.05) is 0 Å². The molecule has 0 bridgehead atoms. The first-order valence-electron chi connectivity index (χ1n) is 6.11. The third-order valence-electron chi connectivity index (χ3n) is 2.89. The Balaban J connectivity index is 2.44. The molecule has 0 heterocycles. The number of benzene rings is 1. The molecule has 1 atom stereocenters. The molecule has 1 aromatic rings. The van der Waals surface area contributed by atoms with Crippen molar-refractivity contribution in [2.24, 2.45) is 11.3 Å². The van der Waals surface area contributed by atoms with E-state index in [0.29, 0.717) is 5.41 Å². The monoisotopic (exact) mass is 282 g/mol. The van der Waals surface area contributed by atoms with Gasteiger partial charge in [-0.2, -0.15) is 0 Å². The van der Waals surface area contributed by atoms with Crippen LogP contribution in [0.1, 0.15) is 39.2 Å². The fourth-order valence-electron chi connectivity index (χ4n) is 1.82. The number of hydrogen-bond donors (Lipinski definition) is 0. The third-order valence-corrected chi connectivity index (χ3v) is 3.80. The molecule has 0 aliphatic rings. The van der Waals surface area contributed by atoms with Crippen LogP contribution >= 0.6 is 15.9 Å². The van der Waals surface area contributed by atoms with Crippen LogP contribution in [-0.4, -0.2) is 5.33 Å². The lowest BCUT2D eigenvalue weighted by molar-refractivity contribution is 0.332. The summed E-state index contributed by atoms with van der Waals surface area (Å²) in [6.07, 6.45) is 3.81. The number of alkyl halides is 1. The van der Waals surface area contributed by atoms with E-state index in [9.17, 15) is 0 Å². The van der Waals surface area contributed by atoms with Crippen LogP contribution < -0.4 is 0 Å². The first-order valence-corrected chi connectivity index (χ1v) is 7.23. The molecular weight excluding hydrogens is 260 g/mol. The average Bonchev–Trinajstić information content (AvgIpc) is 2.24. The molecule has 0 radical (unpaired) electrons. The van der Waals surface area contributed by atoms with Crippen molar-refractivity contribution in [2.75, 3.05) is 5.33 Å². The Morgan fingerprint density at radius 1 is 1.12 bits per heavy atom. The van der Waals surface area contributed by atoms with Gasteiger partial charge in [-0.3, -0.25) is 0 Å². The van der Waals surface area contributed by atoms with Crippen LogP contribution in [0.3, 0.4) is 0 Å². The van der Waals surface area contributed by atoms with E-state index in [-0.39, 0.29) is 0 Å². The predicted molar refractivity (Wildman–Crippen MR) is 76.1 cm³/mol. The van der Waals surface area contributed by atoms with Crippen molar-refractivity contribution < 1.29 is 0 Å². The summed E-state index contributed by atoms with van der Waals surface area (Å²) in [5.41, 5.74) is 1.91. The average molecular weight is 283 g/mol. The number of halogens is 1. The van der Waals surface area contributed by atoms with E-state index < -0.39 is 0 Å². The molecule has 0 nitrogen and oxygen atoms in total. The largest absolute Gasteiger partial charge is 0.0925 e. The zero-order chi connectivity index (χ0) is 12.0. The Hall–Kier alpha value is -0.300. The minimum absolute atomic E-state index is 0.455. The van der Waals surface area contributed by atoms with Crippen molar-refractivity contribution in [3.8, 4) is 0 Å². The summed E-state index contributed by atoms with van der Waals surface area (Å²) < 4.78 is 0. The Morgan fingerprint density at radius 3 is 2.25 bits per heavy atom. The second-order valence-electron chi connectivity index (χ2n) is 5.81. The van der Waals surface area contributed by atoms with Gasteiger partial charge in [-0.15, -0.1) is 0 Å². The maximum absolute atomic E-state index is 3.64. The van der Waals surface area contributed by atoms with E-state index >= 15 is 0 Å². The summed E-state index contributed by atoms with van der Waals surface area (Å²) in [6.45, 7) is 6.96. The predicted octanol–water partition coefficient (Wildman–Crippen LogP) is 5.07. The Bertz CT molecular complexity index is 284. The molecule has 0 amide bonds. The van der Waals surface area contributed by atoms with Crippen molar-refractivity contribution >= 4 is 15.9 Å².